The average Bonchev–Trinajstić information content (AvgIpc) is 3.18. The molecule has 0 radical (unpaired) electrons. The minimum atomic E-state index is -0.167. The molecule has 0 unspecified atom stereocenters. The van der Waals surface area contributed by atoms with Gasteiger partial charge in [-0.1, -0.05) is 28.1 Å². The lowest BCUT2D eigenvalue weighted by Crippen LogP contribution is -2.39. The van der Waals surface area contributed by atoms with Crippen LogP contribution in [-0.4, -0.2) is 41.3 Å². The molecule has 0 spiro atoms. The predicted octanol–water partition coefficient (Wildman–Crippen LogP) is 4.12. The van der Waals surface area contributed by atoms with E-state index in [-0.39, 0.29) is 17.7 Å². The van der Waals surface area contributed by atoms with Gasteiger partial charge in [0, 0.05) is 42.0 Å². The summed E-state index contributed by atoms with van der Waals surface area (Å²) in [5.74, 6) is 0.903. The summed E-state index contributed by atoms with van der Waals surface area (Å²) < 4.78 is 6.80. The first-order valence-electron chi connectivity index (χ1n) is 9.77. The number of rotatable bonds is 5. The SMILES string of the molecule is O=C(NCCC(=O)N1CCC(c2nc3ccccc3o2)CC1)c1ccc(Br)cc1. The second kappa shape index (κ2) is 8.78. The third kappa shape index (κ3) is 4.67. The van der Waals surface area contributed by atoms with Crippen molar-refractivity contribution < 1.29 is 14.0 Å². The number of hydrogen-bond acceptors (Lipinski definition) is 4. The van der Waals surface area contributed by atoms with Crippen molar-refractivity contribution in [2.75, 3.05) is 19.6 Å². The normalized spacial score (nSPS) is 14.9. The molecule has 4 rings (SSSR count). The maximum Gasteiger partial charge on any atom is 0.251 e. The summed E-state index contributed by atoms with van der Waals surface area (Å²) in [5, 5.41) is 2.81. The van der Waals surface area contributed by atoms with Crippen LogP contribution in [0.2, 0.25) is 0 Å². The molecular weight excluding hydrogens is 434 g/mol. The smallest absolute Gasteiger partial charge is 0.251 e. The molecule has 150 valence electrons. The van der Waals surface area contributed by atoms with Gasteiger partial charge < -0.3 is 14.6 Å². The highest BCUT2D eigenvalue weighted by Gasteiger charge is 2.26. The Bertz CT molecular complexity index is 975. The molecule has 1 saturated heterocycles. The fourth-order valence-corrected chi connectivity index (χ4v) is 3.85. The Morgan fingerprint density at radius 1 is 1.10 bits per heavy atom. The summed E-state index contributed by atoms with van der Waals surface area (Å²) in [7, 11) is 0. The number of oxazole rings is 1. The number of nitrogens with zero attached hydrogens (tertiary/aromatic N) is 2. The van der Waals surface area contributed by atoms with Crippen LogP contribution in [0.15, 0.2) is 57.4 Å². The van der Waals surface area contributed by atoms with E-state index in [0.29, 0.717) is 31.6 Å². The van der Waals surface area contributed by atoms with E-state index in [1.54, 1.807) is 12.1 Å². The van der Waals surface area contributed by atoms with Crippen LogP contribution in [0, 0.1) is 0 Å². The zero-order valence-corrected chi connectivity index (χ0v) is 17.5. The van der Waals surface area contributed by atoms with Crippen molar-refractivity contribution in [1.29, 1.82) is 0 Å². The molecule has 0 saturated carbocycles. The minimum Gasteiger partial charge on any atom is -0.440 e. The number of hydrogen-bond donors (Lipinski definition) is 1. The standard InChI is InChI=1S/C22H22BrN3O3/c23-17-7-5-15(6-8-17)21(28)24-12-9-20(27)26-13-10-16(11-14-26)22-25-18-3-1-2-4-19(18)29-22/h1-8,16H,9-14H2,(H,24,28). The van der Waals surface area contributed by atoms with Crippen LogP contribution in [0.5, 0.6) is 0 Å². The molecule has 1 aromatic heterocycles. The van der Waals surface area contributed by atoms with Crippen molar-refractivity contribution >= 4 is 38.8 Å². The van der Waals surface area contributed by atoms with E-state index >= 15 is 0 Å². The molecule has 6 nitrogen and oxygen atoms in total. The van der Waals surface area contributed by atoms with Gasteiger partial charge in [-0.25, -0.2) is 4.98 Å². The fraction of sp³-hybridized carbons (Fsp3) is 0.318. The van der Waals surface area contributed by atoms with E-state index in [1.165, 1.54) is 0 Å². The summed E-state index contributed by atoms with van der Waals surface area (Å²) in [6.07, 6.45) is 1.98. The van der Waals surface area contributed by atoms with Crippen LogP contribution in [-0.2, 0) is 4.79 Å². The number of aromatic nitrogens is 1. The predicted molar refractivity (Wildman–Crippen MR) is 114 cm³/mol. The monoisotopic (exact) mass is 455 g/mol. The van der Waals surface area contributed by atoms with E-state index in [2.05, 4.69) is 26.2 Å². The zero-order chi connectivity index (χ0) is 20.2. The molecule has 1 aliphatic rings. The maximum atomic E-state index is 12.5. The van der Waals surface area contributed by atoms with Gasteiger partial charge in [-0.3, -0.25) is 9.59 Å². The highest BCUT2D eigenvalue weighted by atomic mass is 79.9. The van der Waals surface area contributed by atoms with Crippen LogP contribution >= 0.6 is 15.9 Å². The largest absolute Gasteiger partial charge is 0.440 e. The third-order valence-electron chi connectivity index (χ3n) is 5.24. The molecule has 1 N–H and O–H groups in total. The van der Waals surface area contributed by atoms with Crippen LogP contribution in [0.25, 0.3) is 11.1 Å². The van der Waals surface area contributed by atoms with E-state index < -0.39 is 0 Å². The Hall–Kier alpha value is -2.67. The quantitative estimate of drug-likeness (QED) is 0.627. The van der Waals surface area contributed by atoms with Crippen molar-refractivity contribution in [1.82, 2.24) is 15.2 Å². The number of nitrogens with one attached hydrogen (secondary N) is 1. The van der Waals surface area contributed by atoms with Gasteiger partial charge >= 0.3 is 0 Å². The molecule has 3 aromatic rings. The van der Waals surface area contributed by atoms with Crippen molar-refractivity contribution in [3.05, 3.63) is 64.5 Å². The van der Waals surface area contributed by atoms with Gasteiger partial charge in [0.25, 0.3) is 5.91 Å². The lowest BCUT2D eigenvalue weighted by molar-refractivity contribution is -0.132. The van der Waals surface area contributed by atoms with Crippen molar-refractivity contribution in [2.45, 2.75) is 25.2 Å². The van der Waals surface area contributed by atoms with Crippen LogP contribution in [0.4, 0.5) is 0 Å². The summed E-state index contributed by atoms with van der Waals surface area (Å²) in [5.41, 5.74) is 2.27. The fourth-order valence-electron chi connectivity index (χ4n) is 3.58. The summed E-state index contributed by atoms with van der Waals surface area (Å²) in [6.45, 7) is 1.70. The van der Waals surface area contributed by atoms with Crippen LogP contribution in [0.1, 0.15) is 41.4 Å². The minimum absolute atomic E-state index is 0.0668. The summed E-state index contributed by atoms with van der Waals surface area (Å²) in [4.78, 5) is 31.0. The van der Waals surface area contributed by atoms with Gasteiger partial charge in [0.1, 0.15) is 5.52 Å². The van der Waals surface area contributed by atoms with Crippen LogP contribution in [0.3, 0.4) is 0 Å². The molecule has 0 bridgehead atoms. The Kier molecular flexibility index (Phi) is 5.94. The van der Waals surface area contributed by atoms with E-state index in [4.69, 9.17) is 4.42 Å². The van der Waals surface area contributed by atoms with Gasteiger partial charge in [-0.2, -0.15) is 0 Å². The van der Waals surface area contributed by atoms with Gasteiger partial charge in [0.15, 0.2) is 11.5 Å². The van der Waals surface area contributed by atoms with Crippen LogP contribution < -0.4 is 5.32 Å². The second-order valence-electron chi connectivity index (χ2n) is 7.19. The summed E-state index contributed by atoms with van der Waals surface area (Å²) >= 11 is 3.35. The molecule has 0 atom stereocenters. The number of benzene rings is 2. The maximum absolute atomic E-state index is 12.5. The van der Waals surface area contributed by atoms with Crippen molar-refractivity contribution in [3.63, 3.8) is 0 Å². The molecule has 0 aliphatic carbocycles. The Balaban J connectivity index is 1.23. The van der Waals surface area contributed by atoms with E-state index in [9.17, 15) is 9.59 Å². The lowest BCUT2D eigenvalue weighted by atomic mass is 9.96. The number of piperidine rings is 1. The molecular formula is C22H22BrN3O3. The first kappa shape index (κ1) is 19.6. The number of carbonyl (C=O) groups is 2. The topological polar surface area (TPSA) is 75.4 Å². The molecule has 7 heteroatoms. The number of fused-ring (bicyclic) bond motifs is 1. The second-order valence-corrected chi connectivity index (χ2v) is 8.10. The highest BCUT2D eigenvalue weighted by molar-refractivity contribution is 9.10. The molecule has 1 aliphatic heterocycles. The van der Waals surface area contributed by atoms with Gasteiger partial charge in [0.2, 0.25) is 5.91 Å². The van der Waals surface area contributed by atoms with Gasteiger partial charge in [-0.15, -0.1) is 0 Å². The van der Waals surface area contributed by atoms with E-state index in [1.807, 2.05) is 41.3 Å². The Labute approximate surface area is 177 Å². The molecule has 2 heterocycles. The highest BCUT2D eigenvalue weighted by Crippen LogP contribution is 2.30. The van der Waals surface area contributed by atoms with E-state index in [0.717, 1.165) is 34.3 Å². The van der Waals surface area contributed by atoms with Crippen molar-refractivity contribution in [3.8, 4) is 0 Å². The van der Waals surface area contributed by atoms with Crippen molar-refractivity contribution in [2.24, 2.45) is 0 Å². The number of likely N-dealkylation sites (tertiary alicyclic amines) is 1. The first-order valence-corrected chi connectivity index (χ1v) is 10.6. The first-order chi connectivity index (χ1) is 14.1. The number of para-hydroxylation sites is 2. The van der Waals surface area contributed by atoms with Gasteiger partial charge in [-0.05, 0) is 49.2 Å². The number of amides is 2. The lowest BCUT2D eigenvalue weighted by Gasteiger charge is -2.30. The van der Waals surface area contributed by atoms with Gasteiger partial charge in [0.05, 0.1) is 0 Å². The number of halogens is 1. The Morgan fingerprint density at radius 3 is 2.55 bits per heavy atom. The summed E-state index contributed by atoms with van der Waals surface area (Å²) in [6, 6.07) is 14.9. The molecule has 2 amide bonds. The number of carbonyl (C=O) groups excluding carboxylic acids is 2. The zero-order valence-electron chi connectivity index (χ0n) is 15.9. The Morgan fingerprint density at radius 2 is 1.83 bits per heavy atom. The molecule has 1 fully saturated rings. The molecule has 2 aromatic carbocycles. The third-order valence-corrected chi connectivity index (χ3v) is 5.77. The average molecular weight is 456 g/mol. The molecule has 29 heavy (non-hydrogen) atoms.